The Hall–Kier alpha value is -4.02. The van der Waals surface area contributed by atoms with E-state index in [0.717, 1.165) is 28.8 Å². The van der Waals surface area contributed by atoms with Gasteiger partial charge in [-0.25, -0.2) is 4.79 Å². The van der Waals surface area contributed by atoms with Crippen molar-refractivity contribution in [3.05, 3.63) is 68.6 Å². The number of hydrogen-bond donors (Lipinski definition) is 0. The lowest BCUT2D eigenvalue weighted by molar-refractivity contribution is -0.386. The van der Waals surface area contributed by atoms with Gasteiger partial charge in [0.05, 0.1) is 24.2 Å². The van der Waals surface area contributed by atoms with E-state index < -0.39 is 47.1 Å². The van der Waals surface area contributed by atoms with Gasteiger partial charge in [0.2, 0.25) is 5.91 Å². The maximum absolute atomic E-state index is 12.9. The third kappa shape index (κ3) is 5.28. The Morgan fingerprint density at radius 3 is 2.43 bits per heavy atom. The van der Waals surface area contributed by atoms with Gasteiger partial charge in [0.15, 0.2) is 0 Å². The third-order valence-electron chi connectivity index (χ3n) is 3.95. The van der Waals surface area contributed by atoms with Crippen molar-refractivity contribution < 1.29 is 28.8 Å². The molecule has 11 heteroatoms. The van der Waals surface area contributed by atoms with Crippen LogP contribution in [-0.4, -0.2) is 47.6 Å². The fraction of sp³-hybridized carbons (Fsp3) is 0.263. The topological polar surface area (TPSA) is 138 Å². The summed E-state index contributed by atoms with van der Waals surface area (Å²) in [4.78, 5) is 60.4. The van der Waals surface area contributed by atoms with Gasteiger partial charge in [-0.15, -0.1) is 0 Å². The predicted octanol–water partition coefficient (Wildman–Crippen LogP) is 1.14. The summed E-state index contributed by atoms with van der Waals surface area (Å²) in [5.74, 6) is -2.30. The summed E-state index contributed by atoms with van der Waals surface area (Å²) in [6.45, 7) is 0.648. The van der Waals surface area contributed by atoms with Crippen LogP contribution in [0.25, 0.3) is 0 Å². The predicted molar refractivity (Wildman–Crippen MR) is 104 cm³/mol. The second kappa shape index (κ2) is 9.96. The number of amides is 1. The molecule has 0 spiro atoms. The van der Waals surface area contributed by atoms with Crippen LogP contribution in [0.2, 0.25) is 0 Å². The van der Waals surface area contributed by atoms with E-state index in [0.29, 0.717) is 5.69 Å². The number of anilines is 1. The van der Waals surface area contributed by atoms with Gasteiger partial charge in [0.25, 0.3) is 0 Å². The minimum absolute atomic E-state index is 0.114. The molecular formula is C19H19N3O8. The lowest BCUT2D eigenvalue weighted by atomic mass is 10.2. The number of nitro groups is 1. The number of ether oxygens (including phenoxy) is 2. The van der Waals surface area contributed by atoms with Crippen LogP contribution in [0, 0.1) is 10.1 Å². The SMILES string of the molecule is CCOC(=O)CN(C(=O)Cn1cc(C(=O)OC)cc([N+](=O)[O-])c1=O)c1ccccc1. The summed E-state index contributed by atoms with van der Waals surface area (Å²) in [6, 6.07) is 8.94. The number of benzene rings is 1. The van der Waals surface area contributed by atoms with E-state index in [-0.39, 0.29) is 12.2 Å². The molecule has 0 unspecified atom stereocenters. The number of hydrogen-bond acceptors (Lipinski definition) is 8. The van der Waals surface area contributed by atoms with Gasteiger partial charge in [-0.1, -0.05) is 18.2 Å². The second-order valence-electron chi connectivity index (χ2n) is 5.92. The number of aromatic nitrogens is 1. The Labute approximate surface area is 170 Å². The highest BCUT2D eigenvalue weighted by Crippen LogP contribution is 2.15. The Bertz CT molecular complexity index is 1020. The van der Waals surface area contributed by atoms with Crippen LogP contribution in [0.15, 0.2) is 47.4 Å². The molecule has 0 fully saturated rings. The van der Waals surface area contributed by atoms with E-state index in [1.54, 1.807) is 37.3 Å². The van der Waals surface area contributed by atoms with Crippen molar-refractivity contribution in [2.75, 3.05) is 25.2 Å². The third-order valence-corrected chi connectivity index (χ3v) is 3.95. The summed E-state index contributed by atoms with van der Waals surface area (Å²) in [5, 5.41) is 11.2. The van der Waals surface area contributed by atoms with Crippen molar-refractivity contribution in [3.8, 4) is 0 Å². The van der Waals surface area contributed by atoms with Gasteiger partial charge in [0.1, 0.15) is 13.1 Å². The Kier molecular flexibility index (Phi) is 7.39. The molecule has 2 rings (SSSR count). The number of esters is 2. The normalized spacial score (nSPS) is 10.2. The average molecular weight is 417 g/mol. The summed E-state index contributed by atoms with van der Waals surface area (Å²) in [5.41, 5.74) is -1.87. The van der Waals surface area contributed by atoms with Crippen LogP contribution in [0.4, 0.5) is 11.4 Å². The van der Waals surface area contributed by atoms with Crippen LogP contribution in [0.3, 0.4) is 0 Å². The minimum Gasteiger partial charge on any atom is -0.465 e. The van der Waals surface area contributed by atoms with Gasteiger partial charge < -0.3 is 9.47 Å². The largest absolute Gasteiger partial charge is 0.465 e. The number of pyridine rings is 1. The van der Waals surface area contributed by atoms with Gasteiger partial charge in [-0.3, -0.25) is 34.0 Å². The van der Waals surface area contributed by atoms with E-state index in [1.807, 2.05) is 0 Å². The van der Waals surface area contributed by atoms with Crippen molar-refractivity contribution in [2.24, 2.45) is 0 Å². The Morgan fingerprint density at radius 2 is 1.87 bits per heavy atom. The fourth-order valence-electron chi connectivity index (χ4n) is 2.60. The highest BCUT2D eigenvalue weighted by molar-refractivity contribution is 5.97. The zero-order valence-electron chi connectivity index (χ0n) is 16.3. The zero-order valence-corrected chi connectivity index (χ0v) is 16.3. The van der Waals surface area contributed by atoms with E-state index in [4.69, 9.17) is 4.74 Å². The number of para-hydroxylation sites is 1. The van der Waals surface area contributed by atoms with Crippen molar-refractivity contribution in [1.82, 2.24) is 4.57 Å². The van der Waals surface area contributed by atoms with Crippen LogP contribution in [-0.2, 0) is 25.6 Å². The summed E-state index contributed by atoms with van der Waals surface area (Å²) < 4.78 is 10.1. The van der Waals surface area contributed by atoms with Crippen LogP contribution in [0.1, 0.15) is 17.3 Å². The molecule has 0 bridgehead atoms. The Balaban J connectivity index is 2.44. The molecule has 0 atom stereocenters. The molecule has 158 valence electrons. The molecule has 0 aliphatic rings. The summed E-state index contributed by atoms with van der Waals surface area (Å²) in [6.07, 6.45) is 0.993. The smallest absolute Gasteiger partial charge is 0.339 e. The average Bonchev–Trinajstić information content (AvgIpc) is 2.73. The zero-order chi connectivity index (χ0) is 22.3. The molecule has 0 N–H and O–H groups in total. The van der Waals surface area contributed by atoms with Crippen molar-refractivity contribution in [1.29, 1.82) is 0 Å². The number of carbonyl (C=O) groups excluding carboxylic acids is 3. The molecule has 11 nitrogen and oxygen atoms in total. The van der Waals surface area contributed by atoms with E-state index in [9.17, 15) is 29.3 Å². The van der Waals surface area contributed by atoms with E-state index in [2.05, 4.69) is 4.74 Å². The molecule has 0 radical (unpaired) electrons. The van der Waals surface area contributed by atoms with E-state index in [1.165, 1.54) is 0 Å². The first-order chi connectivity index (χ1) is 14.3. The highest BCUT2D eigenvalue weighted by Gasteiger charge is 2.24. The number of carbonyl (C=O) groups is 3. The first kappa shape index (κ1) is 22.3. The van der Waals surface area contributed by atoms with Gasteiger partial charge in [0, 0.05) is 18.0 Å². The second-order valence-corrected chi connectivity index (χ2v) is 5.92. The number of methoxy groups -OCH3 is 1. The monoisotopic (exact) mass is 417 g/mol. The molecule has 2 aromatic rings. The maximum atomic E-state index is 12.9. The lowest BCUT2D eigenvalue weighted by Crippen LogP contribution is -2.40. The van der Waals surface area contributed by atoms with Gasteiger partial charge in [-0.2, -0.15) is 0 Å². The first-order valence-electron chi connectivity index (χ1n) is 8.76. The van der Waals surface area contributed by atoms with Crippen LogP contribution >= 0.6 is 0 Å². The van der Waals surface area contributed by atoms with Crippen LogP contribution < -0.4 is 10.5 Å². The van der Waals surface area contributed by atoms with Crippen LogP contribution in [0.5, 0.6) is 0 Å². The summed E-state index contributed by atoms with van der Waals surface area (Å²) >= 11 is 0. The molecule has 0 aliphatic heterocycles. The molecule has 1 aromatic heterocycles. The van der Waals surface area contributed by atoms with E-state index >= 15 is 0 Å². The molecular weight excluding hydrogens is 398 g/mol. The first-order valence-corrected chi connectivity index (χ1v) is 8.76. The fourth-order valence-corrected chi connectivity index (χ4v) is 2.60. The summed E-state index contributed by atoms with van der Waals surface area (Å²) in [7, 11) is 1.07. The number of nitrogens with zero attached hydrogens (tertiary/aromatic N) is 3. The molecule has 1 amide bonds. The van der Waals surface area contributed by atoms with Crippen molar-refractivity contribution >= 4 is 29.2 Å². The van der Waals surface area contributed by atoms with Crippen molar-refractivity contribution in [3.63, 3.8) is 0 Å². The minimum atomic E-state index is -1.08. The quantitative estimate of drug-likeness (QED) is 0.354. The highest BCUT2D eigenvalue weighted by atomic mass is 16.6. The Morgan fingerprint density at radius 1 is 1.20 bits per heavy atom. The maximum Gasteiger partial charge on any atom is 0.339 e. The molecule has 0 saturated carbocycles. The molecule has 0 aliphatic carbocycles. The molecule has 1 aromatic carbocycles. The van der Waals surface area contributed by atoms with Gasteiger partial charge >= 0.3 is 23.2 Å². The lowest BCUT2D eigenvalue weighted by Gasteiger charge is -2.22. The van der Waals surface area contributed by atoms with Gasteiger partial charge in [-0.05, 0) is 19.1 Å². The standard InChI is InChI=1S/C19H19N3O8/c1-3-30-17(24)12-21(14-7-5-4-6-8-14)16(23)11-20-10-13(19(26)29-2)9-15(18(20)25)22(27)28/h4-10H,3,11-12H2,1-2H3. The molecule has 30 heavy (non-hydrogen) atoms. The molecule has 0 saturated heterocycles. The van der Waals surface area contributed by atoms with Crippen molar-refractivity contribution in [2.45, 2.75) is 13.5 Å². The number of rotatable bonds is 8. The molecule has 1 heterocycles.